The normalized spacial score (nSPS) is 11.2. The fraction of sp³-hybridized carbons (Fsp3) is 0.125. The number of halogens is 1. The van der Waals surface area contributed by atoms with E-state index in [1.807, 2.05) is 41.1 Å². The lowest BCUT2D eigenvalue weighted by molar-refractivity contribution is -0.111. The van der Waals surface area contributed by atoms with Crippen LogP contribution in [0, 0.1) is 0 Å². The zero-order chi connectivity index (χ0) is 16.2. The van der Waals surface area contributed by atoms with Crippen LogP contribution in [0.25, 0.3) is 11.0 Å². The van der Waals surface area contributed by atoms with Gasteiger partial charge < -0.3 is 10.1 Å². The van der Waals surface area contributed by atoms with Crippen LogP contribution in [0.3, 0.4) is 0 Å². The first-order chi connectivity index (χ1) is 11.2. The van der Waals surface area contributed by atoms with E-state index in [1.54, 1.807) is 12.1 Å². The topological polar surface area (TPSA) is 55.6 Å². The Labute approximate surface area is 142 Å². The first-order valence-electron chi connectivity index (χ1n) is 7.01. The maximum Gasteiger partial charge on any atom is 0.248 e. The Morgan fingerprint density at radius 1 is 1.48 bits per heavy atom. The van der Waals surface area contributed by atoms with Crippen LogP contribution >= 0.6 is 22.9 Å². The number of carbonyl (C=O) groups is 1. The standard InChI is InChI=1S/C16H14ClN3O2S/c1-2-22-13-6-4-3-5-11(13)18-14(21)8-7-12-15(17)19-16-20(12)9-10-23-16/h3-10H,2H2,1H3,(H,18,21)/b8-7+. The molecule has 0 unspecified atom stereocenters. The summed E-state index contributed by atoms with van der Waals surface area (Å²) in [5.41, 5.74) is 1.31. The number of para-hydroxylation sites is 2. The summed E-state index contributed by atoms with van der Waals surface area (Å²) in [6, 6.07) is 7.30. The molecule has 1 amide bonds. The molecule has 0 radical (unpaired) electrons. The van der Waals surface area contributed by atoms with Crippen LogP contribution in [0.15, 0.2) is 41.9 Å². The van der Waals surface area contributed by atoms with E-state index < -0.39 is 0 Å². The van der Waals surface area contributed by atoms with Crippen LogP contribution in [-0.4, -0.2) is 21.9 Å². The number of hydrogen-bond acceptors (Lipinski definition) is 4. The molecule has 0 bridgehead atoms. The Bertz CT molecular complexity index is 869. The Morgan fingerprint density at radius 2 is 2.30 bits per heavy atom. The number of amides is 1. The predicted octanol–water partition coefficient (Wildman–Crippen LogP) is 4.10. The van der Waals surface area contributed by atoms with Gasteiger partial charge in [-0.1, -0.05) is 23.7 Å². The number of carbonyl (C=O) groups excluding carboxylic acids is 1. The van der Waals surface area contributed by atoms with Crippen molar-refractivity contribution < 1.29 is 9.53 Å². The van der Waals surface area contributed by atoms with Crippen molar-refractivity contribution in [1.82, 2.24) is 9.38 Å². The highest BCUT2D eigenvalue weighted by atomic mass is 35.5. The van der Waals surface area contributed by atoms with E-state index in [-0.39, 0.29) is 5.91 Å². The summed E-state index contributed by atoms with van der Waals surface area (Å²) >= 11 is 7.57. The summed E-state index contributed by atoms with van der Waals surface area (Å²) in [6.45, 7) is 2.43. The summed E-state index contributed by atoms with van der Waals surface area (Å²) < 4.78 is 7.32. The molecule has 118 valence electrons. The third-order valence-corrected chi connectivity index (χ3v) is 4.13. The van der Waals surface area contributed by atoms with E-state index in [0.29, 0.717) is 28.9 Å². The number of nitrogens with zero attached hydrogens (tertiary/aromatic N) is 2. The monoisotopic (exact) mass is 347 g/mol. The van der Waals surface area contributed by atoms with Crippen molar-refractivity contribution in [2.45, 2.75) is 6.92 Å². The van der Waals surface area contributed by atoms with Gasteiger partial charge in [-0.25, -0.2) is 4.98 Å². The Hall–Kier alpha value is -2.31. The molecule has 0 aliphatic heterocycles. The second-order valence-electron chi connectivity index (χ2n) is 4.60. The van der Waals surface area contributed by atoms with Crippen LogP contribution in [0.4, 0.5) is 5.69 Å². The Morgan fingerprint density at radius 3 is 3.13 bits per heavy atom. The summed E-state index contributed by atoms with van der Waals surface area (Å²) in [6.07, 6.45) is 4.93. The highest BCUT2D eigenvalue weighted by Gasteiger charge is 2.09. The number of fused-ring (bicyclic) bond motifs is 1. The first kappa shape index (κ1) is 15.6. The lowest BCUT2D eigenvalue weighted by Crippen LogP contribution is -2.09. The number of imidazole rings is 1. The van der Waals surface area contributed by atoms with Crippen molar-refractivity contribution in [3.63, 3.8) is 0 Å². The molecule has 0 spiro atoms. The van der Waals surface area contributed by atoms with Crippen molar-refractivity contribution in [2.24, 2.45) is 0 Å². The van der Waals surface area contributed by atoms with Gasteiger partial charge in [0.15, 0.2) is 10.1 Å². The molecule has 23 heavy (non-hydrogen) atoms. The van der Waals surface area contributed by atoms with Gasteiger partial charge in [0.05, 0.1) is 18.0 Å². The average Bonchev–Trinajstić information content (AvgIpc) is 3.08. The first-order valence-corrected chi connectivity index (χ1v) is 8.26. The van der Waals surface area contributed by atoms with Gasteiger partial charge in [0, 0.05) is 17.7 Å². The SMILES string of the molecule is CCOc1ccccc1NC(=O)/C=C/c1c(Cl)nc2sccn12. The summed E-state index contributed by atoms with van der Waals surface area (Å²) in [5.74, 6) is 0.373. The molecule has 3 rings (SSSR count). The zero-order valence-electron chi connectivity index (χ0n) is 12.3. The molecule has 5 nitrogen and oxygen atoms in total. The van der Waals surface area contributed by atoms with Crippen molar-refractivity contribution in [3.8, 4) is 5.75 Å². The molecule has 0 fully saturated rings. The fourth-order valence-electron chi connectivity index (χ4n) is 2.11. The molecule has 0 aliphatic carbocycles. The van der Waals surface area contributed by atoms with Gasteiger partial charge in [-0.3, -0.25) is 9.20 Å². The van der Waals surface area contributed by atoms with Gasteiger partial charge in [0.1, 0.15) is 5.75 Å². The van der Waals surface area contributed by atoms with E-state index in [0.717, 1.165) is 4.96 Å². The molecule has 1 N–H and O–H groups in total. The molecule has 2 aromatic heterocycles. The summed E-state index contributed by atoms with van der Waals surface area (Å²) in [4.78, 5) is 17.1. The molecular formula is C16H14ClN3O2S. The largest absolute Gasteiger partial charge is 0.492 e. The molecular weight excluding hydrogens is 334 g/mol. The number of rotatable bonds is 5. The minimum Gasteiger partial charge on any atom is -0.492 e. The molecule has 0 atom stereocenters. The van der Waals surface area contributed by atoms with E-state index >= 15 is 0 Å². The number of hydrogen-bond donors (Lipinski definition) is 1. The van der Waals surface area contributed by atoms with Crippen LogP contribution in [-0.2, 0) is 4.79 Å². The smallest absolute Gasteiger partial charge is 0.248 e. The average molecular weight is 348 g/mol. The Kier molecular flexibility index (Phi) is 4.64. The van der Waals surface area contributed by atoms with Gasteiger partial charge in [0.2, 0.25) is 5.91 Å². The van der Waals surface area contributed by atoms with Crippen molar-refractivity contribution >= 4 is 45.6 Å². The zero-order valence-corrected chi connectivity index (χ0v) is 13.9. The summed E-state index contributed by atoms with van der Waals surface area (Å²) in [5, 5.41) is 5.08. The highest BCUT2D eigenvalue weighted by molar-refractivity contribution is 7.15. The van der Waals surface area contributed by atoms with Crippen LogP contribution in [0.2, 0.25) is 5.15 Å². The van der Waals surface area contributed by atoms with E-state index in [9.17, 15) is 4.79 Å². The number of ether oxygens (including phenoxy) is 1. The lowest BCUT2D eigenvalue weighted by Gasteiger charge is -2.09. The lowest BCUT2D eigenvalue weighted by atomic mass is 10.3. The quantitative estimate of drug-likeness (QED) is 0.707. The van der Waals surface area contributed by atoms with Gasteiger partial charge in [0.25, 0.3) is 0 Å². The van der Waals surface area contributed by atoms with Crippen molar-refractivity contribution in [1.29, 1.82) is 0 Å². The van der Waals surface area contributed by atoms with Crippen LogP contribution < -0.4 is 10.1 Å². The molecule has 0 saturated carbocycles. The minimum absolute atomic E-state index is 0.265. The number of nitrogens with one attached hydrogen (secondary N) is 1. The summed E-state index contributed by atoms with van der Waals surface area (Å²) in [7, 11) is 0. The van der Waals surface area contributed by atoms with Crippen molar-refractivity contribution in [3.05, 3.63) is 52.8 Å². The third-order valence-electron chi connectivity index (χ3n) is 3.09. The maximum atomic E-state index is 12.1. The molecule has 1 aromatic carbocycles. The van der Waals surface area contributed by atoms with Gasteiger partial charge >= 0.3 is 0 Å². The van der Waals surface area contributed by atoms with Gasteiger partial charge in [-0.05, 0) is 25.1 Å². The van der Waals surface area contributed by atoms with E-state index in [4.69, 9.17) is 16.3 Å². The number of thiazole rings is 1. The molecule has 0 aliphatic rings. The van der Waals surface area contributed by atoms with E-state index in [2.05, 4.69) is 10.3 Å². The maximum absolute atomic E-state index is 12.1. The number of aromatic nitrogens is 2. The predicted molar refractivity (Wildman–Crippen MR) is 93.4 cm³/mol. The van der Waals surface area contributed by atoms with Crippen LogP contribution in [0.5, 0.6) is 5.75 Å². The number of anilines is 1. The number of benzene rings is 1. The minimum atomic E-state index is -0.265. The van der Waals surface area contributed by atoms with E-state index in [1.165, 1.54) is 17.4 Å². The second kappa shape index (κ2) is 6.85. The van der Waals surface area contributed by atoms with Crippen molar-refractivity contribution in [2.75, 3.05) is 11.9 Å². The second-order valence-corrected chi connectivity index (χ2v) is 5.83. The van der Waals surface area contributed by atoms with Gasteiger partial charge in [-0.15, -0.1) is 11.3 Å². The molecule has 2 heterocycles. The molecule has 3 aromatic rings. The molecule has 0 saturated heterocycles. The molecule has 7 heteroatoms. The fourth-order valence-corrected chi connectivity index (χ4v) is 3.11. The van der Waals surface area contributed by atoms with Gasteiger partial charge in [-0.2, -0.15) is 0 Å². The Balaban J connectivity index is 1.77. The third kappa shape index (κ3) is 3.38. The van der Waals surface area contributed by atoms with Crippen LogP contribution in [0.1, 0.15) is 12.6 Å². The highest BCUT2D eigenvalue weighted by Crippen LogP contribution is 2.24.